The lowest BCUT2D eigenvalue weighted by atomic mass is 10.0. The summed E-state index contributed by atoms with van der Waals surface area (Å²) in [6.45, 7) is 16.8. The second-order valence-corrected chi connectivity index (χ2v) is 15.5. The summed E-state index contributed by atoms with van der Waals surface area (Å²) < 4.78 is 2.37. The second kappa shape index (κ2) is 24.5. The van der Waals surface area contributed by atoms with Gasteiger partial charge >= 0.3 is 0 Å². The van der Waals surface area contributed by atoms with Crippen LogP contribution in [0.4, 0.5) is 0 Å². The third-order valence-electron chi connectivity index (χ3n) is 10.6. The molecule has 0 fully saturated rings. The maximum absolute atomic E-state index is 2.50. The fourth-order valence-corrected chi connectivity index (χ4v) is 7.36. The van der Waals surface area contributed by atoms with Gasteiger partial charge in [-0.05, 0) is 49.7 Å². The van der Waals surface area contributed by atoms with Crippen molar-refractivity contribution < 1.29 is 8.97 Å². The van der Waals surface area contributed by atoms with E-state index in [9.17, 15) is 0 Å². The van der Waals surface area contributed by atoms with E-state index in [1.807, 2.05) is 0 Å². The molecule has 0 aliphatic carbocycles. The minimum atomic E-state index is 1.16. The first kappa shape index (κ1) is 40.5. The summed E-state index contributed by atoms with van der Waals surface area (Å²) in [4.78, 5) is 0. The summed E-state index contributed by atoms with van der Waals surface area (Å²) >= 11 is 0. The summed E-state index contributed by atoms with van der Waals surface area (Å²) in [5, 5.41) is 0. The summed E-state index contributed by atoms with van der Waals surface area (Å²) in [6.07, 6.45) is 27.7. The van der Waals surface area contributed by atoms with E-state index in [1.165, 1.54) is 186 Å². The summed E-state index contributed by atoms with van der Waals surface area (Å²) in [7, 11) is 5.01. The molecule has 0 bridgehead atoms. The highest BCUT2D eigenvalue weighted by molar-refractivity contribution is 5.63. The average Bonchev–Trinajstić information content (AvgIpc) is 3.06. The quantitative estimate of drug-likeness (QED) is 0.0617. The Hall–Kier alpha value is -1.64. The lowest BCUT2D eigenvalue weighted by Crippen LogP contribution is -2.44. The van der Waals surface area contributed by atoms with Crippen LogP contribution >= 0.6 is 0 Å². The number of quaternary nitrogens is 2. The Balaban J connectivity index is 1.90. The van der Waals surface area contributed by atoms with Gasteiger partial charge in [0.15, 0.2) is 0 Å². The molecule has 0 saturated carbocycles. The predicted octanol–water partition coefficient (Wildman–Crippen LogP) is 13.1. The van der Waals surface area contributed by atoms with Gasteiger partial charge in [0.25, 0.3) is 0 Å². The molecule has 0 amide bonds. The number of rotatable bonds is 29. The number of hydrogen-bond acceptors (Lipinski definition) is 0. The molecule has 46 heavy (non-hydrogen) atoms. The monoisotopic (exact) mass is 635 g/mol. The third kappa shape index (κ3) is 17.5. The standard InChI is InChI=1S/C44H78N2/c1-7-11-15-17-19-21-23-25-37-45(5,35-13-9-3)39-41-27-31-43(32-28-41)44-33-29-42(30-34-44)40-46(6,36-14-10-4)38-26-24-22-20-18-16-12-8-2/h27-34H,7-26,35-40H2,1-6H3/q+2. The third-order valence-corrected chi connectivity index (χ3v) is 10.6. The van der Waals surface area contributed by atoms with E-state index in [4.69, 9.17) is 0 Å². The van der Waals surface area contributed by atoms with Gasteiger partial charge in [0, 0.05) is 11.1 Å². The SMILES string of the molecule is CCCCCCCCCC[N+](C)(CCCC)Cc1ccc(-c2ccc(C[N+](C)(CCCC)CCCCCCCCCC)cc2)cc1. The molecule has 0 spiro atoms. The number of nitrogens with zero attached hydrogens (tertiary/aromatic N) is 2. The molecular weight excluding hydrogens is 556 g/mol. The van der Waals surface area contributed by atoms with Gasteiger partial charge in [0.2, 0.25) is 0 Å². The van der Waals surface area contributed by atoms with Crippen molar-refractivity contribution in [3.05, 3.63) is 59.7 Å². The Bertz CT molecular complexity index is 898. The van der Waals surface area contributed by atoms with Gasteiger partial charge in [0.05, 0.1) is 40.3 Å². The lowest BCUT2D eigenvalue weighted by Gasteiger charge is -2.35. The normalized spacial score (nSPS) is 14.3. The first-order valence-corrected chi connectivity index (χ1v) is 20.2. The highest BCUT2D eigenvalue weighted by Crippen LogP contribution is 2.25. The van der Waals surface area contributed by atoms with Gasteiger partial charge in [0.1, 0.15) is 13.1 Å². The maximum atomic E-state index is 2.50. The molecule has 2 rings (SSSR count). The molecule has 0 N–H and O–H groups in total. The lowest BCUT2D eigenvalue weighted by molar-refractivity contribution is -0.923. The second-order valence-electron chi connectivity index (χ2n) is 15.5. The van der Waals surface area contributed by atoms with Crippen LogP contribution in [0.1, 0.15) is 167 Å². The zero-order valence-corrected chi connectivity index (χ0v) is 31.9. The highest BCUT2D eigenvalue weighted by Gasteiger charge is 2.22. The molecule has 2 unspecified atom stereocenters. The fourth-order valence-electron chi connectivity index (χ4n) is 7.36. The molecule has 0 aliphatic heterocycles. The van der Waals surface area contributed by atoms with E-state index in [1.54, 1.807) is 0 Å². The van der Waals surface area contributed by atoms with Crippen molar-refractivity contribution in [3.63, 3.8) is 0 Å². The minimum absolute atomic E-state index is 1.16. The first-order chi connectivity index (χ1) is 22.4. The van der Waals surface area contributed by atoms with Crippen molar-refractivity contribution in [3.8, 4) is 11.1 Å². The topological polar surface area (TPSA) is 0 Å². The number of hydrogen-bond donors (Lipinski definition) is 0. The fraction of sp³-hybridized carbons (Fsp3) is 0.727. The van der Waals surface area contributed by atoms with E-state index >= 15 is 0 Å². The average molecular weight is 635 g/mol. The van der Waals surface area contributed by atoms with Crippen LogP contribution in [-0.4, -0.2) is 49.2 Å². The van der Waals surface area contributed by atoms with Crippen LogP contribution in [0.3, 0.4) is 0 Å². The zero-order chi connectivity index (χ0) is 33.4. The van der Waals surface area contributed by atoms with Crippen molar-refractivity contribution in [2.24, 2.45) is 0 Å². The Morgan fingerprint density at radius 3 is 0.891 bits per heavy atom. The van der Waals surface area contributed by atoms with Gasteiger partial charge in [-0.25, -0.2) is 0 Å². The smallest absolute Gasteiger partial charge is 0.104 e. The Labute approximate surface area is 288 Å². The summed E-state index contributed by atoms with van der Waals surface area (Å²) in [6, 6.07) is 19.1. The predicted molar refractivity (Wildman–Crippen MR) is 206 cm³/mol. The molecule has 262 valence electrons. The highest BCUT2D eigenvalue weighted by atomic mass is 15.3. The molecule has 0 aliphatic rings. The van der Waals surface area contributed by atoms with E-state index < -0.39 is 0 Å². The van der Waals surface area contributed by atoms with Gasteiger partial charge in [-0.1, -0.05) is 166 Å². The summed E-state index contributed by atoms with van der Waals surface area (Å²) in [5.41, 5.74) is 5.68. The van der Waals surface area contributed by atoms with Crippen LogP contribution in [0.5, 0.6) is 0 Å². The molecule has 2 nitrogen and oxygen atoms in total. The molecule has 2 aromatic carbocycles. The van der Waals surface area contributed by atoms with Crippen LogP contribution in [-0.2, 0) is 13.1 Å². The van der Waals surface area contributed by atoms with Gasteiger partial charge in [-0.15, -0.1) is 0 Å². The van der Waals surface area contributed by atoms with Crippen LogP contribution < -0.4 is 0 Å². The van der Waals surface area contributed by atoms with E-state index in [-0.39, 0.29) is 0 Å². The molecular formula is C44H78N2+2. The van der Waals surface area contributed by atoms with Crippen LogP contribution in [0.25, 0.3) is 11.1 Å². The van der Waals surface area contributed by atoms with Crippen molar-refractivity contribution in [2.45, 2.75) is 169 Å². The largest absolute Gasteiger partial charge is 0.322 e. The molecule has 2 heteroatoms. The molecule has 2 aromatic rings. The van der Waals surface area contributed by atoms with Gasteiger partial charge in [-0.3, -0.25) is 0 Å². The Kier molecular flexibility index (Phi) is 21.6. The number of benzene rings is 2. The van der Waals surface area contributed by atoms with Crippen LogP contribution in [0.2, 0.25) is 0 Å². The molecule has 2 atom stereocenters. The zero-order valence-electron chi connectivity index (χ0n) is 31.9. The van der Waals surface area contributed by atoms with E-state index in [0.717, 1.165) is 13.1 Å². The van der Waals surface area contributed by atoms with Gasteiger partial charge < -0.3 is 8.97 Å². The van der Waals surface area contributed by atoms with Crippen molar-refractivity contribution in [1.29, 1.82) is 0 Å². The van der Waals surface area contributed by atoms with Crippen molar-refractivity contribution in [1.82, 2.24) is 0 Å². The minimum Gasteiger partial charge on any atom is -0.322 e. The van der Waals surface area contributed by atoms with E-state index in [0.29, 0.717) is 0 Å². The van der Waals surface area contributed by atoms with Gasteiger partial charge in [-0.2, -0.15) is 0 Å². The molecule has 0 radical (unpaired) electrons. The maximum Gasteiger partial charge on any atom is 0.104 e. The first-order valence-electron chi connectivity index (χ1n) is 20.2. The van der Waals surface area contributed by atoms with Crippen LogP contribution in [0.15, 0.2) is 48.5 Å². The van der Waals surface area contributed by atoms with E-state index in [2.05, 4.69) is 90.3 Å². The molecule has 0 aromatic heterocycles. The van der Waals surface area contributed by atoms with Crippen molar-refractivity contribution >= 4 is 0 Å². The molecule has 0 heterocycles. The Morgan fingerprint density at radius 1 is 0.326 bits per heavy atom. The Morgan fingerprint density at radius 2 is 0.587 bits per heavy atom. The number of unbranched alkanes of at least 4 members (excludes halogenated alkanes) is 16. The molecule has 0 saturated heterocycles. The van der Waals surface area contributed by atoms with Crippen molar-refractivity contribution in [2.75, 3.05) is 40.3 Å². The summed E-state index contributed by atoms with van der Waals surface area (Å²) in [5.74, 6) is 0. The van der Waals surface area contributed by atoms with Crippen LogP contribution in [0, 0.1) is 0 Å².